The van der Waals surface area contributed by atoms with E-state index < -0.39 is 6.10 Å². The Balaban J connectivity index is 4.39. The van der Waals surface area contributed by atoms with Gasteiger partial charge in [-0.05, 0) is 96.3 Å². The molecule has 344 valence electrons. The van der Waals surface area contributed by atoms with Gasteiger partial charge >= 0.3 is 17.9 Å². The summed E-state index contributed by atoms with van der Waals surface area (Å²) in [6.45, 7) is 6.33. The van der Waals surface area contributed by atoms with Gasteiger partial charge < -0.3 is 14.2 Å². The van der Waals surface area contributed by atoms with Crippen molar-refractivity contribution in [1.82, 2.24) is 0 Å². The Hall–Kier alpha value is -3.93. The van der Waals surface area contributed by atoms with Crippen molar-refractivity contribution < 1.29 is 28.6 Å². The predicted octanol–water partition coefficient (Wildman–Crippen LogP) is 16.0. The summed E-state index contributed by atoms with van der Waals surface area (Å²) in [6.07, 6.45) is 65.2. The molecule has 0 heterocycles. The van der Waals surface area contributed by atoms with Crippen LogP contribution < -0.4 is 0 Å². The molecule has 0 bridgehead atoms. The maximum Gasteiger partial charge on any atom is 0.306 e. The predicted molar refractivity (Wildman–Crippen MR) is 260 cm³/mol. The Labute approximate surface area is 374 Å². The normalized spacial score (nSPS) is 13.0. The van der Waals surface area contributed by atoms with E-state index in [1.54, 1.807) is 0 Å². The van der Waals surface area contributed by atoms with Crippen molar-refractivity contribution in [3.63, 3.8) is 0 Å². The van der Waals surface area contributed by atoms with Gasteiger partial charge in [0.1, 0.15) is 13.2 Å². The Bertz CT molecular complexity index is 1290. The molecule has 1 unspecified atom stereocenters. The minimum Gasteiger partial charge on any atom is -0.462 e. The van der Waals surface area contributed by atoms with Crippen LogP contribution >= 0.6 is 0 Å². The Morgan fingerprint density at radius 2 is 0.689 bits per heavy atom. The van der Waals surface area contributed by atoms with Crippen LogP contribution in [0.2, 0.25) is 0 Å². The molecule has 6 nitrogen and oxygen atoms in total. The topological polar surface area (TPSA) is 78.9 Å². The Morgan fingerprint density at radius 3 is 1.13 bits per heavy atom. The van der Waals surface area contributed by atoms with Crippen LogP contribution in [0.5, 0.6) is 0 Å². The number of allylic oxidation sites excluding steroid dienone is 18. The fourth-order valence-electron chi connectivity index (χ4n) is 6.11. The van der Waals surface area contributed by atoms with E-state index in [4.69, 9.17) is 14.2 Å². The lowest BCUT2D eigenvalue weighted by Crippen LogP contribution is -2.30. The molecule has 0 aliphatic rings. The van der Waals surface area contributed by atoms with Crippen LogP contribution in [0.1, 0.15) is 201 Å². The maximum absolute atomic E-state index is 12.7. The first-order valence-corrected chi connectivity index (χ1v) is 24.4. The van der Waals surface area contributed by atoms with Crippen molar-refractivity contribution in [2.75, 3.05) is 13.2 Å². The second-order valence-corrected chi connectivity index (χ2v) is 15.6. The smallest absolute Gasteiger partial charge is 0.306 e. The standard InChI is InChI=1S/C55H88O6/c1-4-7-10-13-16-18-20-22-23-24-25-26-27-28-29-30-31-33-34-36-39-42-45-48-54(57)60-51-52(50-59-53(56)47-44-41-38-15-12-9-6-3)61-55(58)49-46-43-40-37-35-32-21-19-17-14-11-8-5-2/h7,10-11,14,16,18-19,21-23,25-26,28-29,31,33,36,39,52H,4-6,8-9,12-13,15,17,20,24,27,30,32,34-35,37-38,40-51H2,1-3H3/b10-7-,14-11-,18-16-,21-19-,23-22-,26-25-,29-28-,33-31-,39-36-. The molecule has 6 heteroatoms. The molecule has 0 rings (SSSR count). The van der Waals surface area contributed by atoms with Crippen LogP contribution in [0.4, 0.5) is 0 Å². The number of unbranched alkanes of at least 4 members (excludes halogenated alkanes) is 13. The van der Waals surface area contributed by atoms with Crippen LogP contribution in [0, 0.1) is 0 Å². The molecule has 0 aromatic heterocycles. The van der Waals surface area contributed by atoms with E-state index in [-0.39, 0.29) is 37.5 Å². The van der Waals surface area contributed by atoms with E-state index in [2.05, 4.69) is 130 Å². The van der Waals surface area contributed by atoms with Gasteiger partial charge in [0.05, 0.1) is 0 Å². The molecular formula is C55H88O6. The molecule has 61 heavy (non-hydrogen) atoms. The van der Waals surface area contributed by atoms with Gasteiger partial charge in [-0.15, -0.1) is 0 Å². The van der Waals surface area contributed by atoms with E-state index in [0.717, 1.165) is 122 Å². The van der Waals surface area contributed by atoms with Gasteiger partial charge in [0.25, 0.3) is 0 Å². The third-order valence-corrected chi connectivity index (χ3v) is 9.74. The average Bonchev–Trinajstić information content (AvgIpc) is 3.26. The number of rotatable bonds is 42. The van der Waals surface area contributed by atoms with Gasteiger partial charge in [-0.2, -0.15) is 0 Å². The van der Waals surface area contributed by atoms with Gasteiger partial charge in [0, 0.05) is 19.3 Å². The minimum absolute atomic E-state index is 0.104. The number of hydrogen-bond donors (Lipinski definition) is 0. The number of esters is 3. The number of carbonyl (C=O) groups excluding carboxylic acids is 3. The summed E-state index contributed by atoms with van der Waals surface area (Å²) in [6, 6.07) is 0. The van der Waals surface area contributed by atoms with Crippen LogP contribution in [0.25, 0.3) is 0 Å². The van der Waals surface area contributed by atoms with Gasteiger partial charge in [-0.1, -0.05) is 194 Å². The fraction of sp³-hybridized carbons (Fsp3) is 0.618. The van der Waals surface area contributed by atoms with Crippen molar-refractivity contribution in [2.45, 2.75) is 207 Å². The van der Waals surface area contributed by atoms with E-state index in [9.17, 15) is 14.4 Å². The van der Waals surface area contributed by atoms with Crippen LogP contribution in [-0.2, 0) is 28.6 Å². The molecule has 0 saturated heterocycles. The van der Waals surface area contributed by atoms with Crippen molar-refractivity contribution in [2.24, 2.45) is 0 Å². The monoisotopic (exact) mass is 845 g/mol. The van der Waals surface area contributed by atoms with Crippen molar-refractivity contribution in [3.05, 3.63) is 109 Å². The summed E-state index contributed by atoms with van der Waals surface area (Å²) in [4.78, 5) is 37.7. The van der Waals surface area contributed by atoms with Gasteiger partial charge in [0.2, 0.25) is 0 Å². The highest BCUT2D eigenvalue weighted by molar-refractivity contribution is 5.71. The van der Waals surface area contributed by atoms with E-state index >= 15 is 0 Å². The lowest BCUT2D eigenvalue weighted by molar-refractivity contribution is -0.167. The molecule has 0 aliphatic carbocycles. The zero-order valence-electron chi connectivity index (χ0n) is 39.1. The zero-order chi connectivity index (χ0) is 44.4. The Kier molecular flexibility index (Phi) is 45.6. The summed E-state index contributed by atoms with van der Waals surface area (Å²) < 4.78 is 16.6. The first-order valence-electron chi connectivity index (χ1n) is 24.4. The summed E-state index contributed by atoms with van der Waals surface area (Å²) in [5.41, 5.74) is 0. The van der Waals surface area contributed by atoms with Crippen molar-refractivity contribution >= 4 is 17.9 Å². The highest BCUT2D eigenvalue weighted by Crippen LogP contribution is 2.12. The first kappa shape index (κ1) is 57.1. The summed E-state index contributed by atoms with van der Waals surface area (Å²) in [7, 11) is 0. The molecule has 0 fully saturated rings. The first-order chi connectivity index (χ1) is 30.0. The Morgan fingerprint density at radius 1 is 0.344 bits per heavy atom. The third-order valence-electron chi connectivity index (χ3n) is 9.74. The highest BCUT2D eigenvalue weighted by atomic mass is 16.6. The molecule has 0 aromatic rings. The lowest BCUT2D eigenvalue weighted by atomic mass is 10.1. The van der Waals surface area contributed by atoms with Gasteiger partial charge in [-0.25, -0.2) is 0 Å². The molecule has 0 spiro atoms. The number of hydrogen-bond acceptors (Lipinski definition) is 6. The van der Waals surface area contributed by atoms with Crippen molar-refractivity contribution in [3.8, 4) is 0 Å². The maximum atomic E-state index is 12.7. The molecule has 0 radical (unpaired) electrons. The van der Waals surface area contributed by atoms with Crippen LogP contribution in [-0.4, -0.2) is 37.2 Å². The molecule has 0 N–H and O–H groups in total. The summed E-state index contributed by atoms with van der Waals surface area (Å²) >= 11 is 0. The number of ether oxygens (including phenoxy) is 3. The second kappa shape index (κ2) is 48.7. The highest BCUT2D eigenvalue weighted by Gasteiger charge is 2.19. The number of carbonyl (C=O) groups is 3. The quantitative estimate of drug-likeness (QED) is 0.0264. The lowest BCUT2D eigenvalue weighted by Gasteiger charge is -2.18. The molecule has 0 saturated carbocycles. The molecule has 1 atom stereocenters. The zero-order valence-corrected chi connectivity index (χ0v) is 39.1. The molecular weight excluding hydrogens is 757 g/mol. The van der Waals surface area contributed by atoms with Gasteiger partial charge in [-0.3, -0.25) is 14.4 Å². The summed E-state index contributed by atoms with van der Waals surface area (Å²) in [5, 5.41) is 0. The van der Waals surface area contributed by atoms with E-state index in [0.29, 0.717) is 19.3 Å². The van der Waals surface area contributed by atoms with E-state index in [1.165, 1.54) is 32.1 Å². The van der Waals surface area contributed by atoms with Crippen LogP contribution in [0.3, 0.4) is 0 Å². The average molecular weight is 845 g/mol. The summed E-state index contributed by atoms with van der Waals surface area (Å²) in [5.74, 6) is -0.997. The second-order valence-electron chi connectivity index (χ2n) is 15.6. The van der Waals surface area contributed by atoms with E-state index in [1.807, 2.05) is 0 Å². The fourth-order valence-corrected chi connectivity index (χ4v) is 6.11. The largest absolute Gasteiger partial charge is 0.462 e. The van der Waals surface area contributed by atoms with Crippen molar-refractivity contribution in [1.29, 1.82) is 0 Å². The molecule has 0 amide bonds. The third kappa shape index (κ3) is 47.0. The van der Waals surface area contributed by atoms with Crippen LogP contribution in [0.15, 0.2) is 109 Å². The van der Waals surface area contributed by atoms with Gasteiger partial charge in [0.15, 0.2) is 6.10 Å². The minimum atomic E-state index is -0.806. The molecule has 0 aromatic carbocycles. The SMILES string of the molecule is CC/C=C\C/C=C\C/C=C\C/C=C\C/C=C\C/C=C\C/C=C\CCCC(=O)OCC(COC(=O)CCCCCCCCC)OC(=O)CCCCCCC/C=C\C/C=C\CCC. The molecule has 0 aliphatic heterocycles.